The number of hydrogen-bond acceptors (Lipinski definition) is 6. The SMILES string of the molecule is CN(C)c1cccc2c1C(=O)C(=CC=CC=CC1=C(O)c3cccc(N(C)C)c3C1=O)C2=O. The van der Waals surface area contributed by atoms with Crippen molar-refractivity contribution in [1.82, 2.24) is 0 Å². The molecule has 33 heavy (non-hydrogen) atoms. The number of nitrogens with zero attached hydrogens (tertiary/aromatic N) is 2. The largest absolute Gasteiger partial charge is 0.507 e. The molecule has 0 spiro atoms. The Labute approximate surface area is 192 Å². The van der Waals surface area contributed by atoms with Gasteiger partial charge in [0.15, 0.2) is 17.3 Å². The van der Waals surface area contributed by atoms with Crippen molar-refractivity contribution in [2.45, 2.75) is 0 Å². The van der Waals surface area contributed by atoms with Crippen molar-refractivity contribution in [2.75, 3.05) is 38.0 Å². The van der Waals surface area contributed by atoms with Crippen LogP contribution in [0.1, 0.15) is 36.6 Å². The highest BCUT2D eigenvalue weighted by molar-refractivity contribution is 6.41. The molecule has 1 N–H and O–H groups in total. The maximum Gasteiger partial charge on any atom is 0.199 e. The van der Waals surface area contributed by atoms with Crippen LogP contribution >= 0.6 is 0 Å². The van der Waals surface area contributed by atoms with Crippen LogP contribution < -0.4 is 9.80 Å². The Morgan fingerprint density at radius 3 is 1.88 bits per heavy atom. The van der Waals surface area contributed by atoms with E-state index in [0.29, 0.717) is 27.9 Å². The summed E-state index contributed by atoms with van der Waals surface area (Å²) in [4.78, 5) is 42.1. The predicted molar refractivity (Wildman–Crippen MR) is 130 cm³/mol. The molecule has 2 aromatic rings. The van der Waals surface area contributed by atoms with Gasteiger partial charge in [0.1, 0.15) is 5.76 Å². The average molecular weight is 440 g/mol. The van der Waals surface area contributed by atoms with E-state index in [1.165, 1.54) is 12.2 Å². The minimum Gasteiger partial charge on any atom is -0.507 e. The van der Waals surface area contributed by atoms with Gasteiger partial charge in [0.25, 0.3) is 0 Å². The molecule has 2 aliphatic rings. The summed E-state index contributed by atoms with van der Waals surface area (Å²) in [5, 5.41) is 10.5. The highest BCUT2D eigenvalue weighted by Gasteiger charge is 2.35. The Balaban J connectivity index is 1.56. The van der Waals surface area contributed by atoms with Gasteiger partial charge in [0.2, 0.25) is 0 Å². The van der Waals surface area contributed by atoms with E-state index in [2.05, 4.69) is 0 Å². The summed E-state index contributed by atoms with van der Waals surface area (Å²) in [5.41, 5.74) is 3.56. The third kappa shape index (κ3) is 3.59. The van der Waals surface area contributed by atoms with Crippen LogP contribution in [0.3, 0.4) is 0 Å². The van der Waals surface area contributed by atoms with Gasteiger partial charge in [-0.2, -0.15) is 0 Å². The summed E-state index contributed by atoms with van der Waals surface area (Å²) < 4.78 is 0. The average Bonchev–Trinajstić information content (AvgIpc) is 3.18. The van der Waals surface area contributed by atoms with E-state index >= 15 is 0 Å². The van der Waals surface area contributed by atoms with E-state index < -0.39 is 0 Å². The number of carbonyl (C=O) groups is 3. The second-order valence-corrected chi connectivity index (χ2v) is 8.26. The summed E-state index contributed by atoms with van der Waals surface area (Å²) >= 11 is 0. The molecule has 2 aromatic carbocycles. The Hall–Kier alpha value is -4.19. The second-order valence-electron chi connectivity index (χ2n) is 8.26. The summed E-state index contributed by atoms with van der Waals surface area (Å²) in [7, 11) is 7.34. The molecule has 0 unspecified atom stereocenters. The first-order valence-electron chi connectivity index (χ1n) is 10.5. The van der Waals surface area contributed by atoms with Crippen LogP contribution in [0.4, 0.5) is 11.4 Å². The second kappa shape index (κ2) is 8.39. The number of carbonyl (C=O) groups excluding carboxylic acids is 3. The Morgan fingerprint density at radius 1 is 0.697 bits per heavy atom. The van der Waals surface area contributed by atoms with Gasteiger partial charge in [-0.05, 0) is 24.3 Å². The number of aliphatic hydroxyl groups excluding tert-OH is 1. The van der Waals surface area contributed by atoms with Gasteiger partial charge < -0.3 is 14.9 Å². The Kier molecular flexibility index (Phi) is 5.60. The fourth-order valence-electron chi connectivity index (χ4n) is 4.13. The quantitative estimate of drug-likeness (QED) is 0.422. The summed E-state index contributed by atoms with van der Waals surface area (Å²) in [5.74, 6) is -0.909. The standard InChI is InChI=1S/C27H24N2O4/c1-28(2)20-14-8-12-16-22(20)26(32)18(24(16)30)10-6-5-7-11-19-25(31)17-13-9-15-21(29(3)4)23(17)27(19)33/h5-15,30H,1-4H3. The van der Waals surface area contributed by atoms with Gasteiger partial charge in [0, 0.05) is 50.7 Å². The van der Waals surface area contributed by atoms with Crippen LogP contribution in [0.2, 0.25) is 0 Å². The lowest BCUT2D eigenvalue weighted by molar-refractivity contribution is 0.0986. The number of allylic oxidation sites excluding steroid dienone is 7. The van der Waals surface area contributed by atoms with Crippen molar-refractivity contribution in [3.63, 3.8) is 0 Å². The Bertz CT molecular complexity index is 1320. The zero-order chi connectivity index (χ0) is 23.9. The lowest BCUT2D eigenvalue weighted by Crippen LogP contribution is -2.13. The lowest BCUT2D eigenvalue weighted by Gasteiger charge is -2.16. The van der Waals surface area contributed by atoms with E-state index in [1.807, 2.05) is 50.1 Å². The number of ketones is 3. The van der Waals surface area contributed by atoms with Gasteiger partial charge in [0.05, 0.1) is 22.3 Å². The fraction of sp³-hybridized carbons (Fsp3) is 0.148. The molecule has 6 nitrogen and oxygen atoms in total. The maximum absolute atomic E-state index is 12.9. The first-order valence-corrected chi connectivity index (χ1v) is 10.5. The molecule has 0 bridgehead atoms. The van der Waals surface area contributed by atoms with Gasteiger partial charge in [-0.25, -0.2) is 0 Å². The predicted octanol–water partition coefficient (Wildman–Crippen LogP) is 4.40. The van der Waals surface area contributed by atoms with E-state index in [1.54, 1.807) is 42.5 Å². The minimum atomic E-state index is -0.301. The van der Waals surface area contributed by atoms with Gasteiger partial charge in [-0.1, -0.05) is 42.5 Å². The van der Waals surface area contributed by atoms with E-state index in [9.17, 15) is 19.5 Å². The summed E-state index contributed by atoms with van der Waals surface area (Å²) in [6, 6.07) is 10.6. The van der Waals surface area contributed by atoms with Crippen molar-refractivity contribution in [2.24, 2.45) is 0 Å². The van der Waals surface area contributed by atoms with Crippen molar-refractivity contribution in [3.8, 4) is 0 Å². The lowest BCUT2D eigenvalue weighted by atomic mass is 10.0. The number of benzene rings is 2. The number of aliphatic hydroxyl groups is 1. The van der Waals surface area contributed by atoms with Crippen LogP contribution in [0.5, 0.6) is 0 Å². The summed E-state index contributed by atoms with van der Waals surface area (Å²) in [6.07, 6.45) is 7.82. The molecule has 6 heteroatoms. The number of anilines is 2. The molecule has 2 aliphatic carbocycles. The van der Waals surface area contributed by atoms with E-state index in [-0.39, 0.29) is 34.3 Å². The molecule has 0 saturated heterocycles. The number of fused-ring (bicyclic) bond motifs is 2. The molecule has 0 radical (unpaired) electrons. The molecular weight excluding hydrogens is 416 g/mol. The number of rotatable bonds is 5. The van der Waals surface area contributed by atoms with E-state index in [0.717, 1.165) is 5.69 Å². The van der Waals surface area contributed by atoms with Crippen LogP contribution in [0.25, 0.3) is 5.76 Å². The molecule has 0 aliphatic heterocycles. The van der Waals surface area contributed by atoms with E-state index in [4.69, 9.17) is 0 Å². The zero-order valence-electron chi connectivity index (χ0n) is 18.9. The van der Waals surface area contributed by atoms with Crippen LogP contribution in [-0.4, -0.2) is 50.6 Å². The normalized spacial score (nSPS) is 16.5. The highest BCUT2D eigenvalue weighted by Crippen LogP contribution is 2.37. The van der Waals surface area contributed by atoms with Crippen LogP contribution in [0.15, 0.2) is 77.9 Å². The fourth-order valence-corrected chi connectivity index (χ4v) is 4.13. The molecule has 0 amide bonds. The van der Waals surface area contributed by atoms with Crippen molar-refractivity contribution < 1.29 is 19.5 Å². The molecule has 0 fully saturated rings. The van der Waals surface area contributed by atoms with Crippen LogP contribution in [0, 0.1) is 0 Å². The molecule has 0 aromatic heterocycles. The first-order chi connectivity index (χ1) is 15.7. The molecular formula is C27H24N2O4. The third-order valence-electron chi connectivity index (χ3n) is 5.74. The third-order valence-corrected chi connectivity index (χ3v) is 5.74. The van der Waals surface area contributed by atoms with Gasteiger partial charge in [-0.3, -0.25) is 14.4 Å². The molecule has 0 heterocycles. The van der Waals surface area contributed by atoms with Crippen LogP contribution in [-0.2, 0) is 0 Å². The molecule has 0 saturated carbocycles. The van der Waals surface area contributed by atoms with Gasteiger partial charge >= 0.3 is 0 Å². The van der Waals surface area contributed by atoms with Crippen molar-refractivity contribution >= 4 is 34.5 Å². The van der Waals surface area contributed by atoms with Gasteiger partial charge in [-0.15, -0.1) is 0 Å². The number of hydrogen-bond donors (Lipinski definition) is 1. The molecule has 0 atom stereocenters. The number of Topliss-reactive ketones (excluding diaryl/α,β-unsaturated/α-hetero) is 3. The smallest absolute Gasteiger partial charge is 0.199 e. The highest BCUT2D eigenvalue weighted by atomic mass is 16.3. The minimum absolute atomic E-state index is 0.0606. The zero-order valence-corrected chi connectivity index (χ0v) is 18.9. The van der Waals surface area contributed by atoms with Crippen molar-refractivity contribution in [3.05, 3.63) is 100 Å². The monoisotopic (exact) mass is 440 g/mol. The maximum atomic E-state index is 12.9. The topological polar surface area (TPSA) is 77.9 Å². The molecule has 4 rings (SSSR count). The summed E-state index contributed by atoms with van der Waals surface area (Å²) in [6.45, 7) is 0. The van der Waals surface area contributed by atoms with Crippen molar-refractivity contribution in [1.29, 1.82) is 0 Å². The Morgan fingerprint density at radius 2 is 1.27 bits per heavy atom. The first kappa shape index (κ1) is 22.0. The molecule has 166 valence electrons.